The fourth-order valence-corrected chi connectivity index (χ4v) is 4.51. The van der Waals surface area contributed by atoms with Crippen LogP contribution in [-0.2, 0) is 16.4 Å². The summed E-state index contributed by atoms with van der Waals surface area (Å²) >= 11 is 0. The molecule has 1 unspecified atom stereocenters. The van der Waals surface area contributed by atoms with Crippen molar-refractivity contribution in [3.63, 3.8) is 0 Å². The van der Waals surface area contributed by atoms with Gasteiger partial charge in [-0.15, -0.1) is 0 Å². The van der Waals surface area contributed by atoms with Gasteiger partial charge < -0.3 is 0 Å². The number of nitro benzene ring substituents is 1. The van der Waals surface area contributed by atoms with Crippen molar-refractivity contribution in [3.05, 3.63) is 64.2 Å². The molecule has 0 saturated heterocycles. The molecular formula is C15H14N2O4S. The normalized spacial score (nSPS) is 17.3. The number of hydrogen-bond donors (Lipinski definition) is 0. The van der Waals surface area contributed by atoms with Gasteiger partial charge in [0, 0.05) is 18.2 Å². The van der Waals surface area contributed by atoms with Gasteiger partial charge in [-0.3, -0.25) is 14.4 Å². The molecule has 0 amide bonds. The van der Waals surface area contributed by atoms with Gasteiger partial charge in [-0.05, 0) is 31.0 Å². The maximum atomic E-state index is 12.9. The summed E-state index contributed by atoms with van der Waals surface area (Å²) in [6.07, 6.45) is 0.629. The minimum Gasteiger partial charge on any atom is -0.263 e. The van der Waals surface area contributed by atoms with E-state index in [0.29, 0.717) is 12.1 Å². The average molecular weight is 318 g/mol. The summed E-state index contributed by atoms with van der Waals surface area (Å²) in [6, 6.07) is 12.2. The van der Waals surface area contributed by atoms with Crippen LogP contribution < -0.4 is 4.31 Å². The highest BCUT2D eigenvalue weighted by Crippen LogP contribution is 2.36. The lowest BCUT2D eigenvalue weighted by Crippen LogP contribution is -2.35. The van der Waals surface area contributed by atoms with E-state index in [9.17, 15) is 18.5 Å². The highest BCUT2D eigenvalue weighted by molar-refractivity contribution is 7.92. The Hall–Kier alpha value is -2.41. The number of nitro groups is 1. The van der Waals surface area contributed by atoms with Gasteiger partial charge in [0.05, 0.1) is 15.5 Å². The Balaban J connectivity index is 2.11. The first-order valence-electron chi connectivity index (χ1n) is 6.78. The van der Waals surface area contributed by atoms with Crippen LogP contribution in [0.25, 0.3) is 0 Å². The molecule has 1 heterocycles. The van der Waals surface area contributed by atoms with Crippen LogP contribution in [0.3, 0.4) is 0 Å². The molecule has 2 aromatic rings. The number of rotatable bonds is 3. The molecule has 0 N–H and O–H groups in total. The van der Waals surface area contributed by atoms with E-state index in [1.54, 1.807) is 12.1 Å². The lowest BCUT2D eigenvalue weighted by molar-refractivity contribution is -0.385. The Labute approximate surface area is 128 Å². The number of sulfonamides is 1. The third kappa shape index (κ3) is 2.23. The molecular weight excluding hydrogens is 304 g/mol. The summed E-state index contributed by atoms with van der Waals surface area (Å²) in [5.74, 6) is 0. The van der Waals surface area contributed by atoms with Crippen LogP contribution in [0.15, 0.2) is 53.4 Å². The van der Waals surface area contributed by atoms with E-state index in [1.807, 2.05) is 19.1 Å². The second kappa shape index (κ2) is 5.10. The van der Waals surface area contributed by atoms with E-state index >= 15 is 0 Å². The van der Waals surface area contributed by atoms with Crippen molar-refractivity contribution in [1.29, 1.82) is 0 Å². The fourth-order valence-electron chi connectivity index (χ4n) is 2.77. The van der Waals surface area contributed by atoms with Crippen LogP contribution in [0.2, 0.25) is 0 Å². The number of non-ortho nitro benzene ring substituents is 1. The Bertz CT molecular complexity index is 848. The predicted octanol–water partition coefficient (Wildman–Crippen LogP) is 2.73. The molecule has 22 heavy (non-hydrogen) atoms. The van der Waals surface area contributed by atoms with E-state index in [-0.39, 0.29) is 16.6 Å². The maximum Gasteiger partial charge on any atom is 0.270 e. The van der Waals surface area contributed by atoms with E-state index < -0.39 is 14.9 Å². The van der Waals surface area contributed by atoms with E-state index in [0.717, 1.165) is 11.6 Å². The Morgan fingerprint density at radius 2 is 1.91 bits per heavy atom. The predicted molar refractivity (Wildman–Crippen MR) is 82.4 cm³/mol. The van der Waals surface area contributed by atoms with Gasteiger partial charge >= 0.3 is 0 Å². The Morgan fingerprint density at radius 3 is 2.64 bits per heavy atom. The molecule has 0 fully saturated rings. The first-order chi connectivity index (χ1) is 10.4. The molecule has 7 heteroatoms. The average Bonchev–Trinajstić information content (AvgIpc) is 2.83. The van der Waals surface area contributed by atoms with E-state index in [1.165, 1.54) is 22.5 Å². The molecule has 0 saturated carbocycles. The van der Waals surface area contributed by atoms with Gasteiger partial charge in [0.1, 0.15) is 0 Å². The minimum absolute atomic E-state index is 0.0646. The molecule has 0 spiro atoms. The summed E-state index contributed by atoms with van der Waals surface area (Å²) in [5.41, 5.74) is 1.37. The van der Waals surface area contributed by atoms with Crippen molar-refractivity contribution in [1.82, 2.24) is 0 Å². The molecule has 2 aromatic carbocycles. The van der Waals surface area contributed by atoms with Crippen molar-refractivity contribution in [2.24, 2.45) is 0 Å². The van der Waals surface area contributed by atoms with Gasteiger partial charge in [-0.2, -0.15) is 0 Å². The number of anilines is 1. The van der Waals surface area contributed by atoms with E-state index in [2.05, 4.69) is 0 Å². The highest BCUT2D eigenvalue weighted by atomic mass is 32.2. The van der Waals surface area contributed by atoms with E-state index in [4.69, 9.17) is 0 Å². The number of nitrogens with zero attached hydrogens (tertiary/aromatic N) is 2. The summed E-state index contributed by atoms with van der Waals surface area (Å²) < 4.78 is 27.1. The first-order valence-corrected chi connectivity index (χ1v) is 8.22. The lowest BCUT2D eigenvalue weighted by Gasteiger charge is -2.24. The zero-order valence-electron chi connectivity index (χ0n) is 11.8. The summed E-state index contributed by atoms with van der Waals surface area (Å²) in [5, 5.41) is 10.9. The molecule has 1 aliphatic rings. The maximum absolute atomic E-state index is 12.9. The van der Waals surface area contributed by atoms with Crippen molar-refractivity contribution in [2.45, 2.75) is 24.3 Å². The molecule has 1 aliphatic heterocycles. The summed E-state index contributed by atoms with van der Waals surface area (Å²) in [6.45, 7) is 1.83. The second-order valence-corrected chi connectivity index (χ2v) is 7.05. The molecule has 0 radical (unpaired) electrons. The smallest absolute Gasteiger partial charge is 0.263 e. The topological polar surface area (TPSA) is 80.5 Å². The summed E-state index contributed by atoms with van der Waals surface area (Å²) in [7, 11) is -3.83. The third-order valence-corrected chi connectivity index (χ3v) is 5.65. The van der Waals surface area contributed by atoms with Gasteiger partial charge in [-0.1, -0.05) is 24.3 Å². The van der Waals surface area contributed by atoms with Crippen molar-refractivity contribution < 1.29 is 13.3 Å². The molecule has 6 nitrogen and oxygen atoms in total. The van der Waals surface area contributed by atoms with Gasteiger partial charge in [0.2, 0.25) is 0 Å². The number of benzene rings is 2. The van der Waals surface area contributed by atoms with Crippen molar-refractivity contribution in [3.8, 4) is 0 Å². The Kier molecular flexibility index (Phi) is 3.37. The number of fused-ring (bicyclic) bond motifs is 1. The van der Waals surface area contributed by atoms with Crippen LogP contribution in [0.1, 0.15) is 12.5 Å². The molecule has 1 atom stereocenters. The standard InChI is InChI=1S/C15H14N2O4S/c1-11-9-12-5-2-3-8-15(12)16(11)22(20,21)14-7-4-6-13(10-14)17(18)19/h2-8,10-11H,9H2,1H3. The fraction of sp³-hybridized carbons (Fsp3) is 0.200. The largest absolute Gasteiger partial charge is 0.270 e. The van der Waals surface area contributed by atoms with Crippen LogP contribution in [0.4, 0.5) is 11.4 Å². The second-order valence-electron chi connectivity index (χ2n) is 5.24. The first kappa shape index (κ1) is 14.5. The molecule has 0 aromatic heterocycles. The monoisotopic (exact) mass is 318 g/mol. The summed E-state index contributed by atoms with van der Waals surface area (Å²) in [4.78, 5) is 10.2. The van der Waals surface area contributed by atoms with Crippen LogP contribution >= 0.6 is 0 Å². The van der Waals surface area contributed by atoms with Crippen LogP contribution in [0.5, 0.6) is 0 Å². The lowest BCUT2D eigenvalue weighted by atomic mass is 10.1. The quantitative estimate of drug-likeness (QED) is 0.643. The van der Waals surface area contributed by atoms with Gasteiger partial charge in [-0.25, -0.2) is 8.42 Å². The highest BCUT2D eigenvalue weighted by Gasteiger charge is 2.36. The zero-order chi connectivity index (χ0) is 15.9. The number of para-hydroxylation sites is 1. The van der Waals surface area contributed by atoms with Crippen LogP contribution in [-0.4, -0.2) is 19.4 Å². The zero-order valence-corrected chi connectivity index (χ0v) is 12.7. The molecule has 114 valence electrons. The number of hydrogen-bond acceptors (Lipinski definition) is 4. The third-order valence-electron chi connectivity index (χ3n) is 3.73. The molecule has 0 aliphatic carbocycles. The minimum atomic E-state index is -3.83. The van der Waals surface area contributed by atoms with Crippen molar-refractivity contribution >= 4 is 21.4 Å². The van der Waals surface area contributed by atoms with Crippen molar-refractivity contribution in [2.75, 3.05) is 4.31 Å². The van der Waals surface area contributed by atoms with Gasteiger partial charge in [0.25, 0.3) is 15.7 Å². The molecule has 0 bridgehead atoms. The molecule has 3 rings (SSSR count). The van der Waals surface area contributed by atoms with Gasteiger partial charge in [0.15, 0.2) is 0 Å². The van der Waals surface area contributed by atoms with Crippen LogP contribution in [0, 0.1) is 10.1 Å². The Morgan fingerprint density at radius 1 is 1.18 bits per heavy atom. The SMILES string of the molecule is CC1Cc2ccccc2N1S(=O)(=O)c1cccc([N+](=O)[O-])c1.